The van der Waals surface area contributed by atoms with E-state index in [9.17, 15) is 4.79 Å². The Hall–Kier alpha value is -2.01. The highest BCUT2D eigenvalue weighted by Crippen LogP contribution is 2.16. The van der Waals surface area contributed by atoms with Crippen molar-refractivity contribution < 1.29 is 4.79 Å². The van der Waals surface area contributed by atoms with Crippen molar-refractivity contribution >= 4 is 23.2 Å². The van der Waals surface area contributed by atoms with Crippen molar-refractivity contribution in [3.63, 3.8) is 0 Å². The molecule has 19 heavy (non-hydrogen) atoms. The van der Waals surface area contributed by atoms with Gasteiger partial charge in [0.15, 0.2) is 0 Å². The van der Waals surface area contributed by atoms with Gasteiger partial charge in [-0.2, -0.15) is 5.10 Å². The number of nitrogen functional groups attached to an aromatic ring is 1. The van der Waals surface area contributed by atoms with E-state index >= 15 is 0 Å². The Morgan fingerprint density at radius 3 is 2.89 bits per heavy atom. The molecule has 1 aromatic carbocycles. The molecule has 0 saturated carbocycles. The fraction of sp³-hybridized carbons (Fsp3) is 0.231. The summed E-state index contributed by atoms with van der Waals surface area (Å²) in [6.45, 7) is 0.533. The van der Waals surface area contributed by atoms with E-state index in [0.29, 0.717) is 22.8 Å². The molecule has 6 heteroatoms. The van der Waals surface area contributed by atoms with E-state index in [1.165, 1.54) is 0 Å². The fourth-order valence-corrected chi connectivity index (χ4v) is 2.04. The number of nitrogens with zero attached hydrogens (tertiary/aromatic N) is 2. The molecule has 0 aliphatic carbocycles. The smallest absolute Gasteiger partial charge is 0.251 e. The van der Waals surface area contributed by atoms with Crippen molar-refractivity contribution in [1.82, 2.24) is 15.1 Å². The lowest BCUT2D eigenvalue weighted by Gasteiger charge is -2.07. The van der Waals surface area contributed by atoms with E-state index in [2.05, 4.69) is 10.4 Å². The van der Waals surface area contributed by atoms with E-state index in [1.54, 1.807) is 29.1 Å². The van der Waals surface area contributed by atoms with Crippen LogP contribution >= 0.6 is 11.6 Å². The monoisotopic (exact) mass is 278 g/mol. The molecule has 1 heterocycles. The van der Waals surface area contributed by atoms with Crippen molar-refractivity contribution in [3.05, 3.63) is 46.7 Å². The fourth-order valence-electron chi connectivity index (χ4n) is 1.80. The number of halogens is 1. The average Bonchev–Trinajstić information content (AvgIpc) is 2.74. The Bertz CT molecular complexity index is 574. The van der Waals surface area contributed by atoms with Gasteiger partial charge in [0, 0.05) is 48.2 Å². The van der Waals surface area contributed by atoms with Gasteiger partial charge in [-0.1, -0.05) is 11.6 Å². The Morgan fingerprint density at radius 2 is 2.26 bits per heavy atom. The first-order chi connectivity index (χ1) is 9.06. The van der Waals surface area contributed by atoms with Crippen LogP contribution < -0.4 is 11.1 Å². The number of nitrogens with one attached hydrogen (secondary N) is 1. The third-order valence-corrected chi connectivity index (χ3v) is 2.99. The second-order valence-electron chi connectivity index (χ2n) is 4.23. The standard InChI is InChI=1S/C13H15ClN4O/c1-18-12(3-5-17-18)2-4-16-13(19)9-6-10(14)8-11(15)7-9/h3,5-8H,2,4,15H2,1H3,(H,16,19). The molecule has 0 saturated heterocycles. The van der Waals surface area contributed by atoms with Crippen LogP contribution in [-0.2, 0) is 13.5 Å². The molecular weight excluding hydrogens is 264 g/mol. The van der Waals surface area contributed by atoms with Gasteiger partial charge in [-0.15, -0.1) is 0 Å². The van der Waals surface area contributed by atoms with E-state index in [4.69, 9.17) is 17.3 Å². The number of hydrogen-bond donors (Lipinski definition) is 2. The summed E-state index contributed by atoms with van der Waals surface area (Å²) >= 11 is 5.86. The van der Waals surface area contributed by atoms with Gasteiger partial charge in [0.1, 0.15) is 0 Å². The predicted octanol–water partition coefficient (Wildman–Crippen LogP) is 1.63. The zero-order valence-electron chi connectivity index (χ0n) is 10.6. The van der Waals surface area contributed by atoms with Crippen molar-refractivity contribution in [2.45, 2.75) is 6.42 Å². The summed E-state index contributed by atoms with van der Waals surface area (Å²) in [5.41, 5.74) is 7.65. The lowest BCUT2D eigenvalue weighted by molar-refractivity contribution is 0.0954. The Labute approximate surface area is 116 Å². The Balaban J connectivity index is 1.92. The largest absolute Gasteiger partial charge is 0.399 e. The van der Waals surface area contributed by atoms with Gasteiger partial charge >= 0.3 is 0 Å². The number of hydrogen-bond acceptors (Lipinski definition) is 3. The van der Waals surface area contributed by atoms with Crippen LogP contribution in [0.1, 0.15) is 16.1 Å². The summed E-state index contributed by atoms with van der Waals surface area (Å²) in [6.07, 6.45) is 2.45. The van der Waals surface area contributed by atoms with Gasteiger partial charge in [-0.3, -0.25) is 9.48 Å². The SMILES string of the molecule is Cn1nccc1CCNC(=O)c1cc(N)cc(Cl)c1. The number of rotatable bonds is 4. The highest BCUT2D eigenvalue weighted by atomic mass is 35.5. The number of anilines is 1. The second kappa shape index (κ2) is 5.75. The van der Waals surface area contributed by atoms with Crippen LogP contribution in [0.5, 0.6) is 0 Å². The zero-order valence-corrected chi connectivity index (χ0v) is 11.3. The van der Waals surface area contributed by atoms with Crippen LogP contribution in [0.3, 0.4) is 0 Å². The molecule has 2 rings (SSSR count). The quantitative estimate of drug-likeness (QED) is 0.835. The molecular formula is C13H15ClN4O. The molecule has 0 bridgehead atoms. The van der Waals surface area contributed by atoms with Crippen molar-refractivity contribution in [3.8, 4) is 0 Å². The van der Waals surface area contributed by atoms with Crippen molar-refractivity contribution in [2.75, 3.05) is 12.3 Å². The summed E-state index contributed by atoms with van der Waals surface area (Å²) < 4.78 is 1.78. The lowest BCUT2D eigenvalue weighted by Crippen LogP contribution is -2.26. The second-order valence-corrected chi connectivity index (χ2v) is 4.66. The molecule has 0 atom stereocenters. The number of carbonyl (C=O) groups excluding carboxylic acids is 1. The molecule has 5 nitrogen and oxygen atoms in total. The summed E-state index contributed by atoms with van der Waals surface area (Å²) in [4.78, 5) is 11.9. The predicted molar refractivity (Wildman–Crippen MR) is 75.1 cm³/mol. The van der Waals surface area contributed by atoms with Crippen LogP contribution in [0, 0.1) is 0 Å². The van der Waals surface area contributed by atoms with Gasteiger partial charge in [0.25, 0.3) is 5.91 Å². The Kier molecular flexibility index (Phi) is 4.06. The molecule has 100 valence electrons. The van der Waals surface area contributed by atoms with E-state index in [0.717, 1.165) is 12.1 Å². The van der Waals surface area contributed by atoms with E-state index in [1.807, 2.05) is 13.1 Å². The molecule has 0 fully saturated rings. The van der Waals surface area contributed by atoms with Gasteiger partial charge in [0.05, 0.1) is 0 Å². The minimum atomic E-state index is -0.184. The topological polar surface area (TPSA) is 72.9 Å². The molecule has 0 spiro atoms. The number of carbonyl (C=O) groups is 1. The molecule has 0 aliphatic rings. The minimum Gasteiger partial charge on any atom is -0.399 e. The summed E-state index contributed by atoms with van der Waals surface area (Å²) in [5, 5.41) is 7.35. The number of nitrogens with two attached hydrogens (primary N) is 1. The summed E-state index contributed by atoms with van der Waals surface area (Å²) in [5.74, 6) is -0.184. The number of benzene rings is 1. The first-order valence-electron chi connectivity index (χ1n) is 5.87. The van der Waals surface area contributed by atoms with Crippen LogP contribution in [0.15, 0.2) is 30.5 Å². The molecule has 3 N–H and O–H groups in total. The van der Waals surface area contributed by atoms with Crippen LogP contribution in [0.4, 0.5) is 5.69 Å². The van der Waals surface area contributed by atoms with Gasteiger partial charge in [-0.25, -0.2) is 0 Å². The van der Waals surface area contributed by atoms with Crippen molar-refractivity contribution in [1.29, 1.82) is 0 Å². The third-order valence-electron chi connectivity index (χ3n) is 2.77. The van der Waals surface area contributed by atoms with Gasteiger partial charge in [-0.05, 0) is 24.3 Å². The number of amides is 1. The Morgan fingerprint density at radius 1 is 1.47 bits per heavy atom. The van der Waals surface area contributed by atoms with Crippen LogP contribution in [-0.4, -0.2) is 22.2 Å². The first kappa shape index (κ1) is 13.4. The highest BCUT2D eigenvalue weighted by molar-refractivity contribution is 6.31. The average molecular weight is 279 g/mol. The molecule has 0 radical (unpaired) electrons. The molecule has 0 unspecified atom stereocenters. The van der Waals surface area contributed by atoms with Crippen LogP contribution in [0.25, 0.3) is 0 Å². The summed E-state index contributed by atoms with van der Waals surface area (Å²) in [7, 11) is 1.87. The molecule has 1 aromatic heterocycles. The third kappa shape index (κ3) is 3.48. The molecule has 0 aliphatic heterocycles. The minimum absolute atomic E-state index is 0.184. The first-order valence-corrected chi connectivity index (χ1v) is 6.25. The van der Waals surface area contributed by atoms with Crippen molar-refractivity contribution in [2.24, 2.45) is 7.05 Å². The number of aromatic nitrogens is 2. The molecule has 2 aromatic rings. The maximum absolute atomic E-state index is 11.9. The normalized spacial score (nSPS) is 10.4. The maximum atomic E-state index is 11.9. The lowest BCUT2D eigenvalue weighted by atomic mass is 10.2. The van der Waals surface area contributed by atoms with Crippen LogP contribution in [0.2, 0.25) is 5.02 Å². The highest BCUT2D eigenvalue weighted by Gasteiger charge is 2.07. The molecule has 1 amide bonds. The zero-order chi connectivity index (χ0) is 13.8. The summed E-state index contributed by atoms with van der Waals surface area (Å²) in [6, 6.07) is 6.72. The van der Waals surface area contributed by atoms with E-state index in [-0.39, 0.29) is 5.91 Å². The van der Waals surface area contributed by atoms with Gasteiger partial charge in [0.2, 0.25) is 0 Å². The van der Waals surface area contributed by atoms with Gasteiger partial charge < -0.3 is 11.1 Å². The van der Waals surface area contributed by atoms with E-state index < -0.39 is 0 Å². The number of aryl methyl sites for hydroxylation is 1. The maximum Gasteiger partial charge on any atom is 0.251 e.